The Bertz CT molecular complexity index is 975. The van der Waals surface area contributed by atoms with Crippen molar-refractivity contribution in [1.82, 2.24) is 19.5 Å². The molecule has 1 aliphatic heterocycles. The molecule has 5 atom stereocenters. The van der Waals surface area contributed by atoms with Crippen molar-refractivity contribution < 1.29 is 33.4 Å². The molecule has 1 amide bonds. The number of nitrogens with zero attached hydrogens (tertiary/aromatic N) is 3. The molecule has 14 heteroatoms. The summed E-state index contributed by atoms with van der Waals surface area (Å²) in [4.78, 5) is 44.2. The molecule has 0 aromatic carbocycles. The van der Waals surface area contributed by atoms with Crippen molar-refractivity contribution in [2.75, 3.05) is 19.0 Å². The molecule has 29 heavy (non-hydrogen) atoms. The van der Waals surface area contributed by atoms with Gasteiger partial charge in [-0.2, -0.15) is 4.98 Å². The summed E-state index contributed by atoms with van der Waals surface area (Å²) in [6.07, 6.45) is -2.60. The first-order valence-electron chi connectivity index (χ1n) is 8.73. The number of fused-ring (bicyclic) bond motifs is 1. The quantitative estimate of drug-likeness (QED) is 0.413. The average molecular weight is 431 g/mol. The highest BCUT2D eigenvalue weighted by Gasteiger charge is 2.48. The number of aliphatic hydroxyl groups is 1. The molecule has 3 heterocycles. The lowest BCUT2D eigenvalue weighted by Gasteiger charge is -2.22. The lowest BCUT2D eigenvalue weighted by atomic mass is 10.1. The van der Waals surface area contributed by atoms with Crippen LogP contribution in [-0.4, -0.2) is 67.5 Å². The number of aliphatic hydroxyl groups excluding tert-OH is 1. The number of hydrogen-bond acceptors (Lipinski definition) is 9. The standard InChI is InChI=1S/C15H22N5O8P/c1-6(2)12(22)18-15-17-11-8(13(23)19-15)16-5-20(11)14-10(28-29(24)25)9(26-3)7(4-21)27-14/h5-7,9-10,14,21,29H,4H2,1-3H3,(H,24,25)(H2,17,18,19,22,23)/t7-,9-,10-,14-/m1/s1. The number of hydrogen-bond donors (Lipinski definition) is 4. The maximum atomic E-state index is 12.3. The summed E-state index contributed by atoms with van der Waals surface area (Å²) in [6, 6.07) is 0. The number of aromatic nitrogens is 4. The van der Waals surface area contributed by atoms with Gasteiger partial charge in [-0.05, 0) is 0 Å². The Labute approximate surface area is 165 Å². The van der Waals surface area contributed by atoms with Crippen molar-refractivity contribution in [2.24, 2.45) is 5.92 Å². The maximum absolute atomic E-state index is 12.3. The van der Waals surface area contributed by atoms with Gasteiger partial charge in [0.1, 0.15) is 18.3 Å². The average Bonchev–Trinajstić information content (AvgIpc) is 3.22. The van der Waals surface area contributed by atoms with Crippen LogP contribution >= 0.6 is 8.25 Å². The molecule has 3 rings (SSSR count). The lowest BCUT2D eigenvalue weighted by Crippen LogP contribution is -2.36. The highest BCUT2D eigenvalue weighted by Crippen LogP contribution is 2.38. The molecule has 2 aromatic heterocycles. The zero-order chi connectivity index (χ0) is 21.3. The van der Waals surface area contributed by atoms with Gasteiger partial charge in [-0.3, -0.25) is 33.5 Å². The third-order valence-corrected chi connectivity index (χ3v) is 4.92. The summed E-state index contributed by atoms with van der Waals surface area (Å²) < 4.78 is 28.8. The molecule has 160 valence electrons. The van der Waals surface area contributed by atoms with E-state index >= 15 is 0 Å². The van der Waals surface area contributed by atoms with E-state index in [4.69, 9.17) is 14.0 Å². The molecule has 13 nitrogen and oxygen atoms in total. The molecule has 0 radical (unpaired) electrons. The van der Waals surface area contributed by atoms with Crippen LogP contribution in [0.4, 0.5) is 5.95 Å². The highest BCUT2D eigenvalue weighted by molar-refractivity contribution is 7.32. The summed E-state index contributed by atoms with van der Waals surface area (Å²) in [7, 11) is -2.03. The predicted molar refractivity (Wildman–Crippen MR) is 99.5 cm³/mol. The summed E-state index contributed by atoms with van der Waals surface area (Å²) in [5, 5.41) is 12.0. The Hall–Kier alpha value is -2.15. The minimum absolute atomic E-state index is 0.0343. The van der Waals surface area contributed by atoms with Crippen molar-refractivity contribution >= 4 is 31.3 Å². The van der Waals surface area contributed by atoms with Crippen molar-refractivity contribution in [2.45, 2.75) is 38.4 Å². The lowest BCUT2D eigenvalue weighted by molar-refractivity contribution is -0.118. The smallest absolute Gasteiger partial charge is 0.317 e. The molecule has 1 fully saturated rings. The largest absolute Gasteiger partial charge is 0.394 e. The van der Waals surface area contributed by atoms with Crippen LogP contribution in [-0.2, 0) is 23.4 Å². The van der Waals surface area contributed by atoms with Gasteiger partial charge in [-0.1, -0.05) is 13.8 Å². The van der Waals surface area contributed by atoms with Gasteiger partial charge in [0.15, 0.2) is 17.4 Å². The monoisotopic (exact) mass is 431 g/mol. The number of methoxy groups -OCH3 is 1. The molecule has 1 unspecified atom stereocenters. The second kappa shape index (κ2) is 8.69. The van der Waals surface area contributed by atoms with Crippen LogP contribution in [0.5, 0.6) is 0 Å². The van der Waals surface area contributed by atoms with Gasteiger partial charge in [0, 0.05) is 13.0 Å². The number of anilines is 1. The molecule has 2 aromatic rings. The second-order valence-electron chi connectivity index (χ2n) is 6.68. The van der Waals surface area contributed by atoms with E-state index in [1.165, 1.54) is 18.0 Å². The van der Waals surface area contributed by atoms with E-state index in [9.17, 15) is 24.2 Å². The first kappa shape index (κ1) is 21.6. The fourth-order valence-corrected chi connectivity index (χ4v) is 3.52. The van der Waals surface area contributed by atoms with Crippen molar-refractivity contribution in [3.05, 3.63) is 16.7 Å². The normalized spacial score (nSPS) is 25.6. The van der Waals surface area contributed by atoms with Gasteiger partial charge in [0.05, 0.1) is 12.9 Å². The molecule has 1 saturated heterocycles. The van der Waals surface area contributed by atoms with Crippen molar-refractivity contribution in [1.29, 1.82) is 0 Å². The van der Waals surface area contributed by atoms with Gasteiger partial charge < -0.3 is 19.5 Å². The maximum Gasteiger partial charge on any atom is 0.317 e. The van der Waals surface area contributed by atoms with E-state index in [2.05, 4.69) is 20.3 Å². The summed E-state index contributed by atoms with van der Waals surface area (Å²) in [5.41, 5.74) is -0.577. The minimum Gasteiger partial charge on any atom is -0.394 e. The number of aromatic amines is 1. The third kappa shape index (κ3) is 4.25. The summed E-state index contributed by atoms with van der Waals surface area (Å²) >= 11 is 0. The predicted octanol–water partition coefficient (Wildman–Crippen LogP) is -0.614. The zero-order valence-corrected chi connectivity index (χ0v) is 16.9. The number of imidazole rings is 1. The second-order valence-corrected chi connectivity index (χ2v) is 7.45. The molecule has 1 aliphatic rings. The van der Waals surface area contributed by atoms with Gasteiger partial charge in [-0.15, -0.1) is 0 Å². The Morgan fingerprint density at radius 1 is 1.48 bits per heavy atom. The van der Waals surface area contributed by atoms with Crippen LogP contribution in [0.1, 0.15) is 20.1 Å². The minimum atomic E-state index is -3.38. The van der Waals surface area contributed by atoms with E-state index in [0.29, 0.717) is 0 Å². The molecule has 0 saturated carbocycles. The highest BCUT2D eigenvalue weighted by atomic mass is 31.1. The van der Waals surface area contributed by atoms with Gasteiger partial charge in [0.25, 0.3) is 5.56 Å². The number of carbonyl (C=O) groups excluding carboxylic acids is 1. The van der Waals surface area contributed by atoms with E-state index in [-0.39, 0.29) is 28.9 Å². The topological polar surface area (TPSA) is 178 Å². The fraction of sp³-hybridized carbons (Fsp3) is 0.600. The number of rotatable bonds is 7. The number of H-pyrrole nitrogens is 1. The van der Waals surface area contributed by atoms with E-state index in [1.807, 2.05) is 0 Å². The van der Waals surface area contributed by atoms with Crippen LogP contribution in [0.25, 0.3) is 11.2 Å². The SMILES string of the molecule is CO[C@H]1[C@@H](O[PH](=O)O)[C@H](n2cnc3c(=O)[nH]c(NC(=O)C(C)C)nc32)O[C@@H]1CO. The number of carbonyl (C=O) groups is 1. The van der Waals surface area contributed by atoms with E-state index in [0.717, 1.165) is 0 Å². The Balaban J connectivity index is 2.05. The molecule has 0 aliphatic carbocycles. The molecule has 4 N–H and O–H groups in total. The molecule has 0 spiro atoms. The fourth-order valence-electron chi connectivity index (χ4n) is 3.04. The number of amides is 1. The van der Waals surface area contributed by atoms with Crippen molar-refractivity contribution in [3.63, 3.8) is 0 Å². The van der Waals surface area contributed by atoms with Gasteiger partial charge in [0.2, 0.25) is 11.9 Å². The molecular formula is C15H22N5O8P. The zero-order valence-electron chi connectivity index (χ0n) is 15.9. The van der Waals surface area contributed by atoms with Crippen LogP contribution in [0.2, 0.25) is 0 Å². The van der Waals surface area contributed by atoms with Gasteiger partial charge in [-0.25, -0.2) is 4.98 Å². The number of ether oxygens (including phenoxy) is 2. The van der Waals surface area contributed by atoms with Crippen LogP contribution in [0.15, 0.2) is 11.1 Å². The van der Waals surface area contributed by atoms with Crippen LogP contribution in [0.3, 0.4) is 0 Å². The number of nitrogens with one attached hydrogen (secondary N) is 2. The first-order valence-corrected chi connectivity index (χ1v) is 9.99. The van der Waals surface area contributed by atoms with Crippen LogP contribution < -0.4 is 10.9 Å². The van der Waals surface area contributed by atoms with Crippen molar-refractivity contribution in [3.8, 4) is 0 Å². The van der Waals surface area contributed by atoms with Gasteiger partial charge >= 0.3 is 8.25 Å². The summed E-state index contributed by atoms with van der Waals surface area (Å²) in [5.74, 6) is -0.779. The Kier molecular flexibility index (Phi) is 6.46. The Morgan fingerprint density at radius 3 is 2.79 bits per heavy atom. The Morgan fingerprint density at radius 2 is 2.21 bits per heavy atom. The van der Waals surface area contributed by atoms with Crippen LogP contribution in [0, 0.1) is 5.92 Å². The molecule has 0 bridgehead atoms. The van der Waals surface area contributed by atoms with E-state index in [1.54, 1.807) is 13.8 Å². The van der Waals surface area contributed by atoms with E-state index < -0.39 is 45.0 Å². The summed E-state index contributed by atoms with van der Waals surface area (Å²) in [6.45, 7) is 2.93. The third-order valence-electron chi connectivity index (χ3n) is 4.45. The molecular weight excluding hydrogens is 409 g/mol. The first-order chi connectivity index (χ1) is 13.8.